The number of amides is 1. The normalized spacial score (nSPS) is 19.9. The summed E-state index contributed by atoms with van der Waals surface area (Å²) in [6.45, 7) is 2.10. The number of hydrogen-bond acceptors (Lipinski definition) is 6. The van der Waals surface area contributed by atoms with Crippen LogP contribution in [0.4, 0.5) is 4.79 Å². The minimum Gasteiger partial charge on any atom is -0.465 e. The number of likely N-dealkylation sites (tertiary alicyclic amines) is 1. The fourth-order valence-electron chi connectivity index (χ4n) is 3.46. The van der Waals surface area contributed by atoms with Crippen molar-refractivity contribution >= 4 is 16.2 Å². The molecule has 0 saturated carbocycles. The highest BCUT2D eigenvalue weighted by atomic mass is 32.2. The van der Waals surface area contributed by atoms with Gasteiger partial charge in [-0.25, -0.2) is 4.79 Å². The zero-order valence-electron chi connectivity index (χ0n) is 16.4. The van der Waals surface area contributed by atoms with Gasteiger partial charge in [0.15, 0.2) is 0 Å². The highest BCUT2D eigenvalue weighted by molar-refractivity contribution is 7.86. The molecule has 1 amide bonds. The van der Waals surface area contributed by atoms with Gasteiger partial charge in [0.2, 0.25) is 0 Å². The minimum absolute atomic E-state index is 0.0115. The van der Waals surface area contributed by atoms with E-state index < -0.39 is 34.4 Å². The smallest absolute Gasteiger partial charge is 0.407 e. The topological polar surface area (TPSA) is 120 Å². The van der Waals surface area contributed by atoms with Gasteiger partial charge in [-0.2, -0.15) is 13.7 Å². The standard InChI is InChI=1S/C21H23N3O5S/c1-15-7-9-18(10-8-15)30(27,28)29-17-11-20(24(14-17)21(25)26)19(12-22)23-13-16-5-3-2-4-6-16/h2-10,17,19-20,23H,11,13-14H2,1H3,(H,25,26)/t17?,19?,20-/m0/s1. The van der Waals surface area contributed by atoms with E-state index in [1.54, 1.807) is 12.1 Å². The van der Waals surface area contributed by atoms with E-state index in [1.165, 1.54) is 12.1 Å². The Morgan fingerprint density at radius 2 is 1.93 bits per heavy atom. The molecule has 2 unspecified atom stereocenters. The molecule has 158 valence electrons. The molecule has 30 heavy (non-hydrogen) atoms. The summed E-state index contributed by atoms with van der Waals surface area (Å²) in [5, 5.41) is 22.2. The molecule has 0 aromatic heterocycles. The molecule has 0 spiro atoms. The maximum absolute atomic E-state index is 12.6. The van der Waals surface area contributed by atoms with Crippen LogP contribution in [-0.2, 0) is 20.8 Å². The lowest BCUT2D eigenvalue weighted by molar-refractivity contribution is 0.130. The molecule has 1 aliphatic rings. The Morgan fingerprint density at radius 1 is 1.27 bits per heavy atom. The van der Waals surface area contributed by atoms with E-state index in [4.69, 9.17) is 4.18 Å². The monoisotopic (exact) mass is 429 g/mol. The molecule has 1 fully saturated rings. The van der Waals surface area contributed by atoms with Gasteiger partial charge >= 0.3 is 6.09 Å². The molecular formula is C21H23N3O5S. The second-order valence-corrected chi connectivity index (χ2v) is 8.77. The number of rotatable bonds is 7. The number of nitrogens with one attached hydrogen (secondary N) is 1. The van der Waals surface area contributed by atoms with Gasteiger partial charge in [0.1, 0.15) is 6.04 Å². The van der Waals surface area contributed by atoms with Crippen LogP contribution in [0.15, 0.2) is 59.5 Å². The van der Waals surface area contributed by atoms with Crippen LogP contribution in [-0.4, -0.2) is 49.2 Å². The molecule has 0 bridgehead atoms. The lowest BCUT2D eigenvalue weighted by Gasteiger charge is -2.25. The van der Waals surface area contributed by atoms with E-state index in [0.717, 1.165) is 16.0 Å². The second kappa shape index (κ2) is 9.26. The number of hydrogen-bond donors (Lipinski definition) is 2. The molecule has 2 aromatic rings. The summed E-state index contributed by atoms with van der Waals surface area (Å²) in [5.74, 6) is 0. The number of carboxylic acid groups (broad SMARTS) is 1. The van der Waals surface area contributed by atoms with Crippen molar-refractivity contribution in [2.75, 3.05) is 6.54 Å². The summed E-state index contributed by atoms with van der Waals surface area (Å²) in [6.07, 6.45) is -2.00. The molecule has 3 atom stereocenters. The van der Waals surface area contributed by atoms with Crippen molar-refractivity contribution < 1.29 is 22.5 Å². The minimum atomic E-state index is -4.04. The van der Waals surface area contributed by atoms with Crippen molar-refractivity contribution in [2.45, 2.75) is 43.0 Å². The lowest BCUT2D eigenvalue weighted by atomic mass is 10.1. The highest BCUT2D eigenvalue weighted by Crippen LogP contribution is 2.26. The Bertz CT molecular complexity index is 1020. The number of benzene rings is 2. The zero-order valence-corrected chi connectivity index (χ0v) is 17.2. The number of aryl methyl sites for hydroxylation is 1. The lowest BCUT2D eigenvalue weighted by Crippen LogP contribution is -2.47. The van der Waals surface area contributed by atoms with Gasteiger partial charge in [-0.1, -0.05) is 48.0 Å². The summed E-state index contributed by atoms with van der Waals surface area (Å²) < 4.78 is 30.5. The first-order chi connectivity index (χ1) is 14.3. The Morgan fingerprint density at radius 3 is 2.53 bits per heavy atom. The quantitative estimate of drug-likeness (QED) is 0.649. The van der Waals surface area contributed by atoms with Gasteiger partial charge in [0.05, 0.1) is 29.7 Å². The largest absolute Gasteiger partial charge is 0.465 e. The van der Waals surface area contributed by atoms with E-state index in [-0.39, 0.29) is 17.9 Å². The fourth-order valence-corrected chi connectivity index (χ4v) is 4.54. The van der Waals surface area contributed by atoms with Gasteiger partial charge in [-0.15, -0.1) is 0 Å². The van der Waals surface area contributed by atoms with Crippen molar-refractivity contribution in [1.29, 1.82) is 5.26 Å². The van der Waals surface area contributed by atoms with Gasteiger partial charge in [0, 0.05) is 6.54 Å². The number of carbonyl (C=O) groups is 1. The second-order valence-electron chi connectivity index (χ2n) is 7.20. The maximum Gasteiger partial charge on any atom is 0.407 e. The predicted molar refractivity (Wildman–Crippen MR) is 109 cm³/mol. The molecule has 9 heteroatoms. The molecule has 1 heterocycles. The van der Waals surface area contributed by atoms with E-state index in [2.05, 4.69) is 11.4 Å². The van der Waals surface area contributed by atoms with Gasteiger partial charge in [-0.05, 0) is 31.0 Å². The van der Waals surface area contributed by atoms with Gasteiger partial charge in [0.25, 0.3) is 10.1 Å². The van der Waals surface area contributed by atoms with E-state index in [9.17, 15) is 23.6 Å². The SMILES string of the molecule is Cc1ccc(S(=O)(=O)OC2C[C@@H](C(C#N)NCc3ccccc3)N(C(=O)O)C2)cc1. The van der Waals surface area contributed by atoms with Gasteiger partial charge < -0.3 is 5.11 Å². The molecular weight excluding hydrogens is 406 g/mol. The third-order valence-electron chi connectivity index (χ3n) is 5.02. The Kier molecular flexibility index (Phi) is 6.72. The first-order valence-corrected chi connectivity index (χ1v) is 10.9. The van der Waals surface area contributed by atoms with Crippen LogP contribution in [0.1, 0.15) is 17.5 Å². The zero-order chi connectivity index (χ0) is 21.7. The predicted octanol–water partition coefficient (Wildman–Crippen LogP) is 2.50. The summed E-state index contributed by atoms with van der Waals surface area (Å²) in [5.41, 5.74) is 1.86. The summed E-state index contributed by atoms with van der Waals surface area (Å²) in [6, 6.07) is 16.2. The van der Waals surface area contributed by atoms with Crippen LogP contribution in [0.3, 0.4) is 0 Å². The number of nitriles is 1. The van der Waals surface area contributed by atoms with Crippen molar-refractivity contribution in [3.05, 3.63) is 65.7 Å². The fraction of sp³-hybridized carbons (Fsp3) is 0.333. The Labute approximate surface area is 175 Å². The molecule has 3 rings (SSSR count). The van der Waals surface area contributed by atoms with E-state index in [0.29, 0.717) is 6.54 Å². The van der Waals surface area contributed by atoms with Crippen molar-refractivity contribution in [1.82, 2.24) is 10.2 Å². The van der Waals surface area contributed by atoms with Crippen LogP contribution in [0.25, 0.3) is 0 Å². The molecule has 2 aromatic carbocycles. The Hall–Kier alpha value is -2.93. The molecule has 0 aliphatic carbocycles. The molecule has 1 saturated heterocycles. The molecule has 2 N–H and O–H groups in total. The van der Waals surface area contributed by atoms with Crippen molar-refractivity contribution in [2.24, 2.45) is 0 Å². The van der Waals surface area contributed by atoms with Crippen LogP contribution in [0, 0.1) is 18.3 Å². The average Bonchev–Trinajstić information content (AvgIpc) is 3.13. The van der Waals surface area contributed by atoms with E-state index >= 15 is 0 Å². The first kappa shape index (κ1) is 21.8. The third-order valence-corrected chi connectivity index (χ3v) is 6.39. The van der Waals surface area contributed by atoms with Crippen LogP contribution < -0.4 is 5.32 Å². The summed E-state index contributed by atoms with van der Waals surface area (Å²) in [7, 11) is -4.04. The summed E-state index contributed by atoms with van der Waals surface area (Å²) >= 11 is 0. The highest BCUT2D eigenvalue weighted by Gasteiger charge is 2.42. The summed E-state index contributed by atoms with van der Waals surface area (Å²) in [4.78, 5) is 12.8. The van der Waals surface area contributed by atoms with Crippen LogP contribution in [0.5, 0.6) is 0 Å². The van der Waals surface area contributed by atoms with Crippen LogP contribution >= 0.6 is 0 Å². The van der Waals surface area contributed by atoms with Crippen molar-refractivity contribution in [3.63, 3.8) is 0 Å². The number of nitrogens with zero attached hydrogens (tertiary/aromatic N) is 2. The Balaban J connectivity index is 1.71. The molecule has 8 nitrogen and oxygen atoms in total. The molecule has 0 radical (unpaired) electrons. The van der Waals surface area contributed by atoms with Crippen molar-refractivity contribution in [3.8, 4) is 6.07 Å². The maximum atomic E-state index is 12.6. The third kappa shape index (κ3) is 5.16. The van der Waals surface area contributed by atoms with Crippen LogP contribution in [0.2, 0.25) is 0 Å². The average molecular weight is 429 g/mol. The van der Waals surface area contributed by atoms with Gasteiger partial charge in [-0.3, -0.25) is 14.4 Å². The first-order valence-electron chi connectivity index (χ1n) is 9.46. The molecule has 1 aliphatic heterocycles. The van der Waals surface area contributed by atoms with E-state index in [1.807, 2.05) is 37.3 Å².